The Kier molecular flexibility index (Phi) is 3.08. The third-order valence-corrected chi connectivity index (χ3v) is 2.93. The minimum absolute atomic E-state index is 0.534. The van der Waals surface area contributed by atoms with Crippen molar-refractivity contribution in [3.05, 3.63) is 30.1 Å². The number of aromatic nitrogens is 3. The highest BCUT2D eigenvalue weighted by Crippen LogP contribution is 2.31. The van der Waals surface area contributed by atoms with Gasteiger partial charge in [-0.2, -0.15) is 0 Å². The monoisotopic (exact) mass is 261 g/mol. The van der Waals surface area contributed by atoms with Crippen LogP contribution in [0, 0.1) is 0 Å². The summed E-state index contributed by atoms with van der Waals surface area (Å²) in [5.74, 6) is 1.46. The van der Waals surface area contributed by atoms with E-state index in [4.69, 9.17) is 9.47 Å². The van der Waals surface area contributed by atoms with Gasteiger partial charge < -0.3 is 14.6 Å². The summed E-state index contributed by atoms with van der Waals surface area (Å²) >= 11 is 0. The van der Waals surface area contributed by atoms with Crippen LogP contribution in [-0.2, 0) is 0 Å². The van der Waals surface area contributed by atoms with Crippen molar-refractivity contribution in [1.82, 2.24) is 15.0 Å². The zero-order chi connectivity index (χ0) is 13.2. The van der Waals surface area contributed by atoms with E-state index in [0.717, 1.165) is 17.9 Å². The van der Waals surface area contributed by atoms with E-state index in [1.807, 2.05) is 18.2 Å². The Morgan fingerprint density at radius 3 is 2.79 bits per heavy atom. The molecule has 0 saturated heterocycles. The molecule has 1 N–H and O–H groups in total. The smallest absolute Gasteiger partial charge is 0.163 e. The summed E-state index contributed by atoms with van der Waals surface area (Å²) in [4.78, 5) is 0. The van der Waals surface area contributed by atoms with E-state index in [1.54, 1.807) is 17.8 Å². The Hall–Kier alpha value is -2.08. The number of nitrogens with zero attached hydrogens (tertiary/aromatic N) is 3. The summed E-state index contributed by atoms with van der Waals surface area (Å²) in [5.41, 5.74) is 1.36. The van der Waals surface area contributed by atoms with Crippen LogP contribution in [0.3, 0.4) is 0 Å². The quantitative estimate of drug-likeness (QED) is 0.886. The molecule has 0 amide bonds. The van der Waals surface area contributed by atoms with Crippen molar-refractivity contribution in [2.24, 2.45) is 0 Å². The van der Waals surface area contributed by atoms with Gasteiger partial charge in [0, 0.05) is 12.5 Å². The molecule has 1 unspecified atom stereocenters. The van der Waals surface area contributed by atoms with Crippen molar-refractivity contribution in [3.63, 3.8) is 0 Å². The van der Waals surface area contributed by atoms with Gasteiger partial charge in [-0.25, -0.2) is 4.68 Å². The van der Waals surface area contributed by atoms with Crippen LogP contribution in [0.5, 0.6) is 11.5 Å². The molecule has 1 aromatic carbocycles. The predicted molar refractivity (Wildman–Crippen MR) is 67.6 cm³/mol. The molecule has 0 radical (unpaired) electrons. The predicted octanol–water partition coefficient (Wildman–Crippen LogP) is 1.48. The molecule has 1 aromatic heterocycles. The average molecular weight is 261 g/mol. The number of aliphatic hydroxyl groups excluding tert-OH is 1. The summed E-state index contributed by atoms with van der Waals surface area (Å²) < 4.78 is 12.8. The molecule has 6 heteroatoms. The van der Waals surface area contributed by atoms with E-state index < -0.39 is 6.10 Å². The Balaban J connectivity index is 1.94. The first-order valence-corrected chi connectivity index (χ1v) is 6.24. The molecular formula is C13H15N3O3. The molecule has 0 bridgehead atoms. The lowest BCUT2D eigenvalue weighted by Gasteiger charge is -2.08. The van der Waals surface area contributed by atoms with Gasteiger partial charge in [-0.3, -0.25) is 0 Å². The van der Waals surface area contributed by atoms with Crippen molar-refractivity contribution < 1.29 is 14.6 Å². The fourth-order valence-corrected chi connectivity index (χ4v) is 1.89. The average Bonchev–Trinajstić information content (AvgIpc) is 2.78. The van der Waals surface area contributed by atoms with Gasteiger partial charge in [-0.15, -0.1) is 5.10 Å². The maximum Gasteiger partial charge on any atom is 0.163 e. The zero-order valence-electron chi connectivity index (χ0n) is 10.6. The second kappa shape index (κ2) is 4.89. The zero-order valence-corrected chi connectivity index (χ0v) is 10.6. The number of benzene rings is 1. The van der Waals surface area contributed by atoms with Crippen molar-refractivity contribution in [3.8, 4) is 17.2 Å². The lowest BCUT2D eigenvalue weighted by atomic mass is 10.2. The molecule has 3 rings (SSSR count). The molecule has 0 fully saturated rings. The van der Waals surface area contributed by atoms with Gasteiger partial charge in [-0.05, 0) is 19.1 Å². The maximum absolute atomic E-state index is 9.45. The fraction of sp³-hybridized carbons (Fsp3) is 0.385. The van der Waals surface area contributed by atoms with Crippen LogP contribution in [0.15, 0.2) is 24.4 Å². The normalized spacial score (nSPS) is 15.9. The number of aliphatic hydroxyl groups is 1. The van der Waals surface area contributed by atoms with Crippen molar-refractivity contribution in [1.29, 1.82) is 0 Å². The summed E-state index contributed by atoms with van der Waals surface area (Å²) in [6, 6.07) is 5.61. The van der Waals surface area contributed by atoms with Crippen LogP contribution in [-0.4, -0.2) is 33.3 Å². The first kappa shape index (κ1) is 12.0. The highest BCUT2D eigenvalue weighted by atomic mass is 16.5. The van der Waals surface area contributed by atoms with Crippen molar-refractivity contribution >= 4 is 0 Å². The van der Waals surface area contributed by atoms with Gasteiger partial charge >= 0.3 is 0 Å². The van der Waals surface area contributed by atoms with Crippen LogP contribution in [0.1, 0.15) is 25.1 Å². The molecule has 1 aliphatic rings. The molecule has 0 saturated carbocycles. The van der Waals surface area contributed by atoms with Crippen LogP contribution in [0.25, 0.3) is 5.69 Å². The highest BCUT2D eigenvalue weighted by molar-refractivity contribution is 5.48. The molecule has 2 aromatic rings. The van der Waals surface area contributed by atoms with Gasteiger partial charge in [0.25, 0.3) is 0 Å². The van der Waals surface area contributed by atoms with E-state index in [9.17, 15) is 5.11 Å². The van der Waals surface area contributed by atoms with Crippen LogP contribution in [0.4, 0.5) is 0 Å². The van der Waals surface area contributed by atoms with Crippen LogP contribution >= 0.6 is 0 Å². The lowest BCUT2D eigenvalue weighted by Crippen LogP contribution is -1.98. The Labute approximate surface area is 110 Å². The van der Waals surface area contributed by atoms with Crippen molar-refractivity contribution in [2.75, 3.05) is 13.2 Å². The molecule has 2 heterocycles. The summed E-state index contributed by atoms with van der Waals surface area (Å²) in [6.07, 6.45) is 1.94. The first-order valence-electron chi connectivity index (χ1n) is 6.24. The van der Waals surface area contributed by atoms with E-state index in [0.29, 0.717) is 24.7 Å². The van der Waals surface area contributed by atoms with E-state index in [1.165, 1.54) is 0 Å². The number of rotatable bonds is 2. The largest absolute Gasteiger partial charge is 0.490 e. The fourth-order valence-electron chi connectivity index (χ4n) is 1.89. The van der Waals surface area contributed by atoms with Crippen LogP contribution < -0.4 is 9.47 Å². The first-order chi connectivity index (χ1) is 9.24. The van der Waals surface area contributed by atoms with Gasteiger partial charge in [-0.1, -0.05) is 5.21 Å². The summed E-state index contributed by atoms with van der Waals surface area (Å²) in [5, 5.41) is 17.4. The topological polar surface area (TPSA) is 69.4 Å². The van der Waals surface area contributed by atoms with Gasteiger partial charge in [0.1, 0.15) is 5.69 Å². The van der Waals surface area contributed by atoms with E-state index in [-0.39, 0.29) is 0 Å². The third-order valence-electron chi connectivity index (χ3n) is 2.93. The van der Waals surface area contributed by atoms with Crippen LogP contribution in [0.2, 0.25) is 0 Å². The minimum Gasteiger partial charge on any atom is -0.490 e. The molecule has 100 valence electrons. The van der Waals surface area contributed by atoms with Gasteiger partial charge in [0.15, 0.2) is 11.5 Å². The third kappa shape index (κ3) is 2.39. The Bertz CT molecular complexity index is 580. The molecule has 0 spiro atoms. The Morgan fingerprint density at radius 1 is 1.26 bits per heavy atom. The second-order valence-electron chi connectivity index (χ2n) is 4.45. The molecule has 6 nitrogen and oxygen atoms in total. The lowest BCUT2D eigenvalue weighted by molar-refractivity contribution is 0.194. The SMILES string of the molecule is CC(O)c1cn(-c2ccc3c(c2)OCCCO3)nn1. The minimum atomic E-state index is -0.630. The van der Waals surface area contributed by atoms with E-state index >= 15 is 0 Å². The molecular weight excluding hydrogens is 246 g/mol. The second-order valence-corrected chi connectivity index (χ2v) is 4.45. The molecule has 19 heavy (non-hydrogen) atoms. The van der Waals surface area contributed by atoms with Gasteiger partial charge in [0.2, 0.25) is 0 Å². The molecule has 1 atom stereocenters. The van der Waals surface area contributed by atoms with Gasteiger partial charge in [0.05, 0.1) is 31.2 Å². The number of ether oxygens (including phenoxy) is 2. The maximum atomic E-state index is 9.45. The number of hydrogen-bond donors (Lipinski definition) is 1. The number of hydrogen-bond acceptors (Lipinski definition) is 5. The molecule has 0 aliphatic carbocycles. The molecule has 1 aliphatic heterocycles. The summed E-state index contributed by atoms with van der Waals surface area (Å²) in [7, 11) is 0. The van der Waals surface area contributed by atoms with Crippen molar-refractivity contribution in [2.45, 2.75) is 19.4 Å². The standard InChI is InChI=1S/C13H15N3O3/c1-9(17)11-8-16(15-14-11)10-3-4-12-13(7-10)19-6-2-5-18-12/h3-4,7-9,17H,2,5-6H2,1H3. The number of fused-ring (bicyclic) bond motifs is 1. The summed E-state index contributed by atoms with van der Waals surface area (Å²) in [6.45, 7) is 2.97. The highest BCUT2D eigenvalue weighted by Gasteiger charge is 2.13. The van der Waals surface area contributed by atoms with E-state index in [2.05, 4.69) is 10.3 Å². The Morgan fingerprint density at radius 2 is 2.05 bits per heavy atom.